The van der Waals surface area contributed by atoms with Crippen molar-refractivity contribution in [2.75, 3.05) is 11.4 Å². The summed E-state index contributed by atoms with van der Waals surface area (Å²) in [6, 6.07) is 0.269. The van der Waals surface area contributed by atoms with Crippen LogP contribution in [0.1, 0.15) is 45.1 Å². The molecule has 0 bridgehead atoms. The average molecular weight is 277 g/mol. The molecular weight excluding hydrogens is 258 g/mol. The fraction of sp³-hybridized carbons (Fsp3) is 0.643. The van der Waals surface area contributed by atoms with Crippen LogP contribution < -0.4 is 10.5 Å². The molecule has 1 aliphatic heterocycles. The number of carbonyl (C=O) groups is 1. The minimum Gasteiger partial charge on any atom is -0.480 e. The average Bonchev–Trinajstić information content (AvgIpc) is 3.24. The van der Waals surface area contributed by atoms with Crippen molar-refractivity contribution >= 4 is 11.8 Å². The van der Waals surface area contributed by atoms with Crippen LogP contribution in [0.4, 0.5) is 5.82 Å². The molecule has 0 radical (unpaired) electrons. The Morgan fingerprint density at radius 2 is 2.20 bits per heavy atom. The molecule has 1 atom stereocenters. The number of piperidine rings is 1. The van der Waals surface area contributed by atoms with Crippen LogP contribution in [0, 0.1) is 0 Å². The quantitative estimate of drug-likeness (QED) is 0.904. The van der Waals surface area contributed by atoms with Crippen LogP contribution >= 0.6 is 0 Å². The first-order chi connectivity index (χ1) is 9.54. The van der Waals surface area contributed by atoms with E-state index in [0.29, 0.717) is 13.0 Å². The number of hydrogen-bond acceptors (Lipinski definition) is 4. The number of carboxylic acids is 1. The number of aromatic nitrogens is 2. The van der Waals surface area contributed by atoms with E-state index in [2.05, 4.69) is 4.98 Å². The van der Waals surface area contributed by atoms with E-state index in [9.17, 15) is 14.7 Å². The first-order valence-corrected chi connectivity index (χ1v) is 7.12. The van der Waals surface area contributed by atoms with Gasteiger partial charge in [0.2, 0.25) is 0 Å². The Labute approximate surface area is 117 Å². The third-order valence-electron chi connectivity index (χ3n) is 4.40. The molecule has 2 fully saturated rings. The third-order valence-corrected chi connectivity index (χ3v) is 4.40. The monoisotopic (exact) mass is 277 g/mol. The largest absolute Gasteiger partial charge is 0.480 e. The van der Waals surface area contributed by atoms with Crippen LogP contribution in [0.25, 0.3) is 0 Å². The summed E-state index contributed by atoms with van der Waals surface area (Å²) in [6.45, 7) is 2.25. The second kappa shape index (κ2) is 4.61. The predicted octanol–water partition coefficient (Wildman–Crippen LogP) is 1.41. The molecule has 1 aromatic rings. The normalized spacial score (nSPS) is 26.6. The molecule has 2 heterocycles. The number of carboxylic acid groups (broad SMARTS) is 1. The summed E-state index contributed by atoms with van der Waals surface area (Å²) >= 11 is 0. The Hall–Kier alpha value is -1.85. The highest BCUT2D eigenvalue weighted by molar-refractivity contribution is 5.82. The van der Waals surface area contributed by atoms with Crippen molar-refractivity contribution in [3.8, 4) is 0 Å². The molecule has 20 heavy (non-hydrogen) atoms. The van der Waals surface area contributed by atoms with Gasteiger partial charge < -0.3 is 14.6 Å². The molecule has 2 aliphatic rings. The van der Waals surface area contributed by atoms with Crippen molar-refractivity contribution in [3.05, 3.63) is 22.7 Å². The zero-order valence-corrected chi connectivity index (χ0v) is 11.6. The van der Waals surface area contributed by atoms with Crippen LogP contribution in [0.15, 0.2) is 17.2 Å². The third kappa shape index (κ3) is 1.99. The van der Waals surface area contributed by atoms with E-state index >= 15 is 0 Å². The zero-order valence-electron chi connectivity index (χ0n) is 11.6. The van der Waals surface area contributed by atoms with Gasteiger partial charge >= 0.3 is 5.97 Å². The van der Waals surface area contributed by atoms with E-state index < -0.39 is 11.5 Å². The standard InChI is InChI=1S/C14H19N3O3/c1-14(13(19)20)6-2-3-8-17(14)11-12(18)16(9-7-15-11)10-4-5-10/h7,9-10H,2-6,8H2,1H3,(H,19,20). The molecule has 0 aromatic carbocycles. The van der Waals surface area contributed by atoms with Crippen molar-refractivity contribution in [1.82, 2.24) is 9.55 Å². The molecule has 1 aliphatic carbocycles. The summed E-state index contributed by atoms with van der Waals surface area (Å²) in [5.74, 6) is -0.607. The van der Waals surface area contributed by atoms with Crippen LogP contribution in [0.3, 0.4) is 0 Å². The number of rotatable bonds is 3. The fourth-order valence-electron chi connectivity index (χ4n) is 2.92. The lowest BCUT2D eigenvalue weighted by Crippen LogP contribution is -2.57. The molecule has 3 rings (SSSR count). The van der Waals surface area contributed by atoms with Gasteiger partial charge in [0.05, 0.1) is 0 Å². The van der Waals surface area contributed by atoms with E-state index in [1.54, 1.807) is 28.8 Å². The summed E-state index contributed by atoms with van der Waals surface area (Å²) in [5.41, 5.74) is -1.20. The van der Waals surface area contributed by atoms with E-state index in [-0.39, 0.29) is 17.4 Å². The number of nitrogens with zero attached hydrogens (tertiary/aromatic N) is 3. The zero-order chi connectivity index (χ0) is 14.3. The summed E-state index contributed by atoms with van der Waals surface area (Å²) < 4.78 is 1.69. The molecule has 6 heteroatoms. The fourth-order valence-corrected chi connectivity index (χ4v) is 2.92. The lowest BCUT2D eigenvalue weighted by atomic mass is 9.88. The van der Waals surface area contributed by atoms with E-state index in [1.165, 1.54) is 0 Å². The lowest BCUT2D eigenvalue weighted by molar-refractivity contribution is -0.143. The molecule has 1 aromatic heterocycles. The van der Waals surface area contributed by atoms with Gasteiger partial charge in [0, 0.05) is 25.0 Å². The predicted molar refractivity (Wildman–Crippen MR) is 74.0 cm³/mol. The number of hydrogen-bond donors (Lipinski definition) is 1. The summed E-state index contributed by atoms with van der Waals surface area (Å²) in [5, 5.41) is 9.53. The Morgan fingerprint density at radius 3 is 2.85 bits per heavy atom. The summed E-state index contributed by atoms with van der Waals surface area (Å²) in [7, 11) is 0. The molecule has 0 amide bonds. The highest BCUT2D eigenvalue weighted by atomic mass is 16.4. The number of aliphatic carboxylic acids is 1. The molecule has 1 saturated heterocycles. The molecular formula is C14H19N3O3. The highest BCUT2D eigenvalue weighted by Gasteiger charge is 2.43. The molecule has 1 unspecified atom stereocenters. The minimum atomic E-state index is -1.03. The van der Waals surface area contributed by atoms with Crippen molar-refractivity contribution in [2.45, 2.75) is 50.6 Å². The van der Waals surface area contributed by atoms with E-state index in [0.717, 1.165) is 25.7 Å². The van der Waals surface area contributed by atoms with E-state index in [4.69, 9.17) is 0 Å². The minimum absolute atomic E-state index is 0.163. The lowest BCUT2D eigenvalue weighted by Gasteiger charge is -2.42. The van der Waals surface area contributed by atoms with Gasteiger partial charge in [-0.15, -0.1) is 0 Å². The maximum absolute atomic E-state index is 12.5. The van der Waals surface area contributed by atoms with Crippen molar-refractivity contribution < 1.29 is 9.90 Å². The highest BCUT2D eigenvalue weighted by Crippen LogP contribution is 2.34. The molecule has 108 valence electrons. The van der Waals surface area contributed by atoms with Crippen LogP contribution in [0.2, 0.25) is 0 Å². The second-order valence-corrected chi connectivity index (χ2v) is 5.88. The summed E-state index contributed by atoms with van der Waals surface area (Å²) in [4.78, 5) is 30.0. The Kier molecular flexibility index (Phi) is 3.03. The SMILES string of the molecule is CC1(C(=O)O)CCCCN1c1nccn(C2CC2)c1=O. The van der Waals surface area contributed by atoms with Gasteiger partial charge in [0.15, 0.2) is 5.82 Å². The van der Waals surface area contributed by atoms with Gasteiger partial charge in [0.25, 0.3) is 5.56 Å². The van der Waals surface area contributed by atoms with Crippen LogP contribution in [-0.4, -0.2) is 32.7 Å². The Bertz CT molecular complexity index is 594. The van der Waals surface area contributed by atoms with Gasteiger partial charge in [0.1, 0.15) is 5.54 Å². The molecule has 6 nitrogen and oxygen atoms in total. The van der Waals surface area contributed by atoms with Gasteiger partial charge in [-0.05, 0) is 39.0 Å². The maximum Gasteiger partial charge on any atom is 0.329 e. The van der Waals surface area contributed by atoms with Gasteiger partial charge in [-0.3, -0.25) is 4.79 Å². The first kappa shape index (κ1) is 13.1. The van der Waals surface area contributed by atoms with Crippen molar-refractivity contribution in [3.63, 3.8) is 0 Å². The molecule has 0 spiro atoms. The van der Waals surface area contributed by atoms with Gasteiger partial charge in [-0.2, -0.15) is 0 Å². The second-order valence-electron chi connectivity index (χ2n) is 5.88. The topological polar surface area (TPSA) is 75.4 Å². The Balaban J connectivity index is 2.04. The van der Waals surface area contributed by atoms with Crippen LogP contribution in [0.5, 0.6) is 0 Å². The molecule has 1 saturated carbocycles. The summed E-state index contributed by atoms with van der Waals surface area (Å²) in [6.07, 6.45) is 7.63. The maximum atomic E-state index is 12.5. The van der Waals surface area contributed by atoms with Crippen LogP contribution in [-0.2, 0) is 4.79 Å². The van der Waals surface area contributed by atoms with Gasteiger partial charge in [-0.25, -0.2) is 9.78 Å². The van der Waals surface area contributed by atoms with E-state index in [1.807, 2.05) is 0 Å². The smallest absolute Gasteiger partial charge is 0.329 e. The first-order valence-electron chi connectivity index (χ1n) is 7.12. The Morgan fingerprint density at radius 1 is 1.45 bits per heavy atom. The van der Waals surface area contributed by atoms with Crippen molar-refractivity contribution in [2.24, 2.45) is 0 Å². The van der Waals surface area contributed by atoms with Crippen molar-refractivity contribution in [1.29, 1.82) is 0 Å². The number of anilines is 1. The van der Waals surface area contributed by atoms with Gasteiger partial charge in [-0.1, -0.05) is 0 Å². The molecule has 1 N–H and O–H groups in total.